The average Bonchev–Trinajstić information content (AvgIpc) is 3.92. The summed E-state index contributed by atoms with van der Waals surface area (Å²) in [5.41, 5.74) is -1.42. The zero-order valence-electron chi connectivity index (χ0n) is 29.3. The molecule has 2 aliphatic carbocycles. The molecule has 266 valence electrons. The van der Waals surface area contributed by atoms with Crippen LogP contribution in [0, 0.1) is 17.8 Å². The van der Waals surface area contributed by atoms with Gasteiger partial charge >= 0.3 is 0 Å². The molecule has 1 saturated heterocycles. The van der Waals surface area contributed by atoms with Gasteiger partial charge in [0.05, 0.1) is 18.4 Å². The van der Waals surface area contributed by atoms with Crippen LogP contribution in [0.25, 0.3) is 10.8 Å². The number of carbonyl (C=O) groups excluding carboxylic acids is 3. The molecule has 6 rings (SSSR count). The largest absolute Gasteiger partial charge is 0.497 e. The number of allylic oxidation sites excluding steroid dienone is 1. The lowest BCUT2D eigenvalue weighted by atomic mass is 9.91. The third kappa shape index (κ3) is 7.09. The Kier molecular flexibility index (Phi) is 9.36. The van der Waals surface area contributed by atoms with Gasteiger partial charge in [0.2, 0.25) is 27.7 Å². The van der Waals surface area contributed by atoms with Gasteiger partial charge in [-0.2, -0.15) is 4.98 Å². The van der Waals surface area contributed by atoms with Crippen LogP contribution < -0.4 is 24.4 Å². The first-order valence-corrected chi connectivity index (χ1v) is 18.8. The fraction of sp³-hybridized carbons (Fsp3) is 0.611. The molecule has 2 aliphatic heterocycles. The molecule has 1 aromatic heterocycles. The molecular weight excluding hydrogens is 646 g/mol. The van der Waals surface area contributed by atoms with Gasteiger partial charge in [-0.05, 0) is 86.9 Å². The van der Waals surface area contributed by atoms with Crippen LogP contribution in [0.3, 0.4) is 0 Å². The van der Waals surface area contributed by atoms with Crippen molar-refractivity contribution in [3.8, 4) is 11.6 Å². The number of methoxy groups -OCH3 is 1. The van der Waals surface area contributed by atoms with E-state index >= 15 is 0 Å². The average molecular weight is 696 g/mol. The summed E-state index contributed by atoms with van der Waals surface area (Å²) in [5.74, 6) is 0.488. The van der Waals surface area contributed by atoms with E-state index in [0.717, 1.165) is 30.0 Å². The summed E-state index contributed by atoms with van der Waals surface area (Å²) < 4.78 is 39.4. The minimum atomic E-state index is -3.92. The molecule has 3 fully saturated rings. The van der Waals surface area contributed by atoms with Crippen LogP contribution in [0.4, 0.5) is 5.82 Å². The molecule has 0 spiro atoms. The van der Waals surface area contributed by atoms with Gasteiger partial charge < -0.3 is 24.6 Å². The quantitative estimate of drug-likeness (QED) is 0.412. The molecule has 0 radical (unpaired) electrons. The summed E-state index contributed by atoms with van der Waals surface area (Å²) in [6, 6.07) is 6.65. The zero-order chi connectivity index (χ0) is 35.3. The number of fused-ring (bicyclic) bond motifs is 3. The highest BCUT2D eigenvalue weighted by atomic mass is 32.2. The topological polar surface area (TPSA) is 147 Å². The van der Waals surface area contributed by atoms with Gasteiger partial charge in [0.25, 0.3) is 5.91 Å². The van der Waals surface area contributed by atoms with E-state index in [1.165, 1.54) is 0 Å². The van der Waals surface area contributed by atoms with Gasteiger partial charge in [0, 0.05) is 38.2 Å². The first kappa shape index (κ1) is 35.0. The minimum absolute atomic E-state index is 0.108. The molecule has 4 aliphatic rings. The lowest BCUT2D eigenvalue weighted by Gasteiger charge is -2.28. The molecule has 6 atom stereocenters. The molecule has 13 heteroatoms. The predicted molar refractivity (Wildman–Crippen MR) is 187 cm³/mol. The maximum Gasteiger partial charge on any atom is 0.259 e. The lowest BCUT2D eigenvalue weighted by Crippen LogP contribution is -2.57. The molecule has 0 bridgehead atoms. The van der Waals surface area contributed by atoms with Crippen molar-refractivity contribution in [2.24, 2.45) is 17.8 Å². The summed E-state index contributed by atoms with van der Waals surface area (Å²) in [7, 11) is 1.46. The van der Waals surface area contributed by atoms with Crippen molar-refractivity contribution in [2.45, 2.75) is 94.6 Å². The molecule has 3 amide bonds. The molecule has 2 N–H and O–H groups in total. The molecule has 1 unspecified atom stereocenters. The number of nitrogens with zero attached hydrogens (tertiary/aromatic N) is 3. The van der Waals surface area contributed by atoms with E-state index in [0.29, 0.717) is 36.2 Å². The van der Waals surface area contributed by atoms with Gasteiger partial charge in [-0.15, -0.1) is 0 Å². The van der Waals surface area contributed by atoms with Crippen LogP contribution in [-0.4, -0.2) is 86.2 Å². The highest BCUT2D eigenvalue weighted by Gasteiger charge is 2.63. The minimum Gasteiger partial charge on any atom is -0.497 e. The van der Waals surface area contributed by atoms with E-state index in [1.54, 1.807) is 18.9 Å². The van der Waals surface area contributed by atoms with Gasteiger partial charge in [0.1, 0.15) is 29.3 Å². The summed E-state index contributed by atoms with van der Waals surface area (Å²) in [5, 5.41) is 4.58. The summed E-state index contributed by atoms with van der Waals surface area (Å²) in [4.78, 5) is 50.1. The number of hydrogen-bond donors (Lipinski definition) is 2. The third-order valence-corrected chi connectivity index (χ3v) is 12.9. The molecule has 1 aromatic carbocycles. The second-order valence-electron chi connectivity index (χ2n) is 15.1. The number of amides is 3. The van der Waals surface area contributed by atoms with Crippen LogP contribution >= 0.6 is 0 Å². The Labute approximate surface area is 289 Å². The monoisotopic (exact) mass is 695 g/mol. The second kappa shape index (κ2) is 13.1. The van der Waals surface area contributed by atoms with Crippen LogP contribution in [0.15, 0.2) is 36.4 Å². The Bertz CT molecular complexity index is 1770. The number of hydrogen-bond acceptors (Lipinski definition) is 9. The zero-order valence-corrected chi connectivity index (χ0v) is 30.1. The Morgan fingerprint density at radius 3 is 2.57 bits per heavy atom. The number of rotatable bonds is 7. The fourth-order valence-electron chi connectivity index (χ4n) is 7.21. The van der Waals surface area contributed by atoms with Crippen molar-refractivity contribution in [2.75, 3.05) is 32.6 Å². The second-order valence-corrected chi connectivity index (χ2v) is 17.3. The van der Waals surface area contributed by atoms with Gasteiger partial charge in [-0.1, -0.05) is 26.0 Å². The molecule has 12 nitrogen and oxygen atoms in total. The fourth-order valence-corrected chi connectivity index (χ4v) is 8.52. The smallest absolute Gasteiger partial charge is 0.259 e. The van der Waals surface area contributed by atoms with Crippen LogP contribution in [-0.2, 0) is 24.4 Å². The van der Waals surface area contributed by atoms with Crippen molar-refractivity contribution in [3.63, 3.8) is 0 Å². The third-order valence-electron chi connectivity index (χ3n) is 10.7. The Hall–Kier alpha value is -3.87. The van der Waals surface area contributed by atoms with Crippen LogP contribution in [0.5, 0.6) is 11.6 Å². The van der Waals surface area contributed by atoms with E-state index in [1.807, 2.05) is 55.4 Å². The van der Waals surface area contributed by atoms with Gasteiger partial charge in [-0.3, -0.25) is 19.1 Å². The first-order valence-electron chi connectivity index (χ1n) is 17.3. The maximum atomic E-state index is 14.2. The number of sulfonamides is 1. The van der Waals surface area contributed by atoms with Crippen LogP contribution in [0.2, 0.25) is 0 Å². The van der Waals surface area contributed by atoms with Crippen molar-refractivity contribution in [3.05, 3.63) is 36.4 Å². The Balaban J connectivity index is 1.30. The summed E-state index contributed by atoms with van der Waals surface area (Å²) in [6.45, 7) is 6.02. The number of aromatic nitrogens is 1. The molecule has 3 heterocycles. The Morgan fingerprint density at radius 1 is 1.12 bits per heavy atom. The molecule has 49 heavy (non-hydrogen) atoms. The highest BCUT2D eigenvalue weighted by molar-refractivity contribution is 7.91. The lowest BCUT2D eigenvalue weighted by molar-refractivity contribution is -0.140. The summed E-state index contributed by atoms with van der Waals surface area (Å²) >= 11 is 0. The van der Waals surface area contributed by atoms with E-state index in [9.17, 15) is 22.8 Å². The number of benzene rings is 1. The molecule has 2 aromatic rings. The van der Waals surface area contributed by atoms with Crippen molar-refractivity contribution >= 4 is 44.3 Å². The van der Waals surface area contributed by atoms with Crippen LogP contribution in [0.1, 0.15) is 72.1 Å². The van der Waals surface area contributed by atoms with E-state index in [4.69, 9.17) is 14.5 Å². The van der Waals surface area contributed by atoms with Crippen molar-refractivity contribution < 1.29 is 32.3 Å². The van der Waals surface area contributed by atoms with E-state index in [2.05, 4.69) is 23.9 Å². The summed E-state index contributed by atoms with van der Waals surface area (Å²) in [6.07, 6.45) is 7.65. The molecule has 2 saturated carbocycles. The SMILES string of the molecule is COc1ccc2c(O[C@@H]3C[C@H]4C(=O)N[C@]5(C(=O)NS(=O)(=O)C6(C)CC6)C[C@H]5/C=C\CCC(C)C[C@@H](C)CC(=O)N4C3)nc(N(C)C)cc2c1. The highest BCUT2D eigenvalue weighted by Crippen LogP contribution is 2.47. The number of nitrogens with one attached hydrogen (secondary N) is 2. The first-order chi connectivity index (χ1) is 23.1. The van der Waals surface area contributed by atoms with Crippen molar-refractivity contribution in [1.29, 1.82) is 0 Å². The van der Waals surface area contributed by atoms with Gasteiger partial charge in [0.15, 0.2) is 0 Å². The number of carbonyl (C=O) groups is 3. The van der Waals surface area contributed by atoms with Gasteiger partial charge in [-0.25, -0.2) is 8.42 Å². The number of ether oxygens (including phenoxy) is 2. The van der Waals surface area contributed by atoms with E-state index in [-0.39, 0.29) is 43.6 Å². The number of anilines is 1. The molecular formula is C36H49N5O7S. The predicted octanol–water partition coefficient (Wildman–Crippen LogP) is 3.93. The normalized spacial score (nSPS) is 30.6. The van der Waals surface area contributed by atoms with E-state index < -0.39 is 44.3 Å². The van der Waals surface area contributed by atoms with Crippen molar-refractivity contribution in [1.82, 2.24) is 19.9 Å². The number of pyridine rings is 1. The maximum absolute atomic E-state index is 14.2. The standard InChI is InChI=1S/C36H49N5O7S/c1-22-9-7-8-10-25-20-36(25,34(44)39-49(45,46)35(3)13-14-35)38-32(43)29-19-27(21-41(29)31(42)16-23(2)15-22)48-33-28-12-11-26(47-6)17-24(28)18-30(37-33)40(4)5/h8,10-12,17-18,22-23,25,27,29H,7,9,13-16,19-21H2,1-6H3,(H,38,43)(H,39,44)/b10-8-/t22?,23-,25-,27-,29+,36-/m1/s1. The Morgan fingerprint density at radius 2 is 1.88 bits per heavy atom.